The first-order chi connectivity index (χ1) is 11.1. The number of carbonyl (C=O) groups is 1. The van der Waals surface area contributed by atoms with Crippen LogP contribution in [0.15, 0.2) is 18.2 Å². The number of fused-ring (bicyclic) bond motifs is 1. The molecule has 128 valence electrons. The summed E-state index contributed by atoms with van der Waals surface area (Å²) in [5.74, 6) is -1.79. The molecule has 2 rings (SSSR count). The Balaban J connectivity index is 2.42. The largest absolute Gasteiger partial charge is 0.449 e. The molecule has 1 heterocycles. The van der Waals surface area contributed by atoms with Gasteiger partial charge < -0.3 is 9.88 Å². The number of aromatic nitrogens is 2. The third-order valence-electron chi connectivity index (χ3n) is 3.51. The number of amides is 1. The van der Waals surface area contributed by atoms with Crippen molar-refractivity contribution in [1.82, 2.24) is 14.9 Å². The van der Waals surface area contributed by atoms with Crippen LogP contribution in [0, 0.1) is 17.2 Å². The number of carbonyl (C=O) groups excluding carboxylic acids is 1. The minimum Gasteiger partial charge on any atom is -0.351 e. The zero-order valence-corrected chi connectivity index (χ0v) is 13.5. The summed E-state index contributed by atoms with van der Waals surface area (Å²) in [6.45, 7) is 5.10. The Morgan fingerprint density at radius 1 is 1.38 bits per heavy atom. The van der Waals surface area contributed by atoms with Gasteiger partial charge in [-0.3, -0.25) is 4.79 Å². The summed E-state index contributed by atoms with van der Waals surface area (Å²) in [6.07, 6.45) is -4.58. The van der Waals surface area contributed by atoms with Crippen LogP contribution in [-0.2, 0) is 6.18 Å². The Kier molecular flexibility index (Phi) is 4.83. The monoisotopic (exact) mass is 338 g/mol. The number of imidazole rings is 1. The lowest BCUT2D eigenvalue weighted by Gasteiger charge is -2.14. The van der Waals surface area contributed by atoms with Crippen LogP contribution in [0.2, 0.25) is 0 Å². The van der Waals surface area contributed by atoms with E-state index in [2.05, 4.69) is 10.3 Å². The summed E-state index contributed by atoms with van der Waals surface area (Å²) in [7, 11) is 0. The first-order valence-electron chi connectivity index (χ1n) is 7.42. The Bertz CT molecular complexity index is 802. The van der Waals surface area contributed by atoms with Crippen molar-refractivity contribution in [2.75, 3.05) is 6.54 Å². The number of nitriles is 1. The molecule has 0 fully saturated rings. The van der Waals surface area contributed by atoms with E-state index < -0.39 is 23.9 Å². The molecule has 8 heteroatoms. The Labute approximate surface area is 137 Å². The first-order valence-corrected chi connectivity index (χ1v) is 7.42. The van der Waals surface area contributed by atoms with Crippen molar-refractivity contribution in [3.05, 3.63) is 29.6 Å². The van der Waals surface area contributed by atoms with Crippen LogP contribution < -0.4 is 5.32 Å². The van der Waals surface area contributed by atoms with Crippen LogP contribution in [0.25, 0.3) is 11.0 Å². The summed E-state index contributed by atoms with van der Waals surface area (Å²) in [6, 6.07) is 5.80. The molecule has 1 aromatic heterocycles. The van der Waals surface area contributed by atoms with Crippen molar-refractivity contribution in [2.45, 2.75) is 33.0 Å². The molecule has 24 heavy (non-hydrogen) atoms. The fraction of sp³-hybridized carbons (Fsp3) is 0.438. The van der Waals surface area contributed by atoms with Crippen molar-refractivity contribution in [3.8, 4) is 6.07 Å². The molecule has 5 nitrogen and oxygen atoms in total. The molecule has 0 unspecified atom stereocenters. The average molecular weight is 338 g/mol. The highest BCUT2D eigenvalue weighted by atomic mass is 19.4. The van der Waals surface area contributed by atoms with Crippen LogP contribution in [0.4, 0.5) is 13.2 Å². The molecule has 2 aromatic rings. The minimum absolute atomic E-state index is 0.108. The van der Waals surface area contributed by atoms with Gasteiger partial charge in [-0.1, -0.05) is 0 Å². The second kappa shape index (κ2) is 6.51. The van der Waals surface area contributed by atoms with Crippen molar-refractivity contribution >= 4 is 16.9 Å². The number of nitrogens with zero attached hydrogens (tertiary/aromatic N) is 3. The van der Waals surface area contributed by atoms with Crippen LogP contribution in [0.5, 0.6) is 0 Å². The van der Waals surface area contributed by atoms with Crippen LogP contribution in [0.1, 0.15) is 43.0 Å². The lowest BCUT2D eigenvalue weighted by Crippen LogP contribution is -2.27. The molecule has 0 aliphatic rings. The van der Waals surface area contributed by atoms with Crippen LogP contribution in [0.3, 0.4) is 0 Å². The Morgan fingerprint density at radius 2 is 2.04 bits per heavy atom. The maximum atomic E-state index is 13.2. The quantitative estimate of drug-likeness (QED) is 0.927. The van der Waals surface area contributed by atoms with E-state index >= 15 is 0 Å². The van der Waals surface area contributed by atoms with E-state index in [1.165, 1.54) is 18.2 Å². The summed E-state index contributed by atoms with van der Waals surface area (Å²) < 4.78 is 40.6. The standard InChI is InChI=1S/C16H17F3N4O/c1-9(2)23-13-5-4-11(14(24)21-8-10(3)7-20)6-12(13)22-15(23)16(17,18)19/h4-6,9-10H,8H2,1-3H3,(H,21,24)/t10-/m0/s1. The molecule has 0 spiro atoms. The van der Waals surface area contributed by atoms with E-state index in [-0.39, 0.29) is 23.5 Å². The lowest BCUT2D eigenvalue weighted by atomic mass is 10.1. The number of hydrogen-bond acceptors (Lipinski definition) is 3. The maximum Gasteiger partial charge on any atom is 0.449 e. The molecule has 0 aliphatic heterocycles. The van der Waals surface area contributed by atoms with E-state index in [4.69, 9.17) is 5.26 Å². The Morgan fingerprint density at radius 3 is 2.58 bits per heavy atom. The third-order valence-corrected chi connectivity index (χ3v) is 3.51. The van der Waals surface area contributed by atoms with Gasteiger partial charge in [0.2, 0.25) is 5.82 Å². The summed E-state index contributed by atoms with van der Waals surface area (Å²) in [5, 5.41) is 11.3. The van der Waals surface area contributed by atoms with E-state index in [1.807, 2.05) is 6.07 Å². The van der Waals surface area contributed by atoms with Gasteiger partial charge >= 0.3 is 6.18 Å². The highest BCUT2D eigenvalue weighted by Crippen LogP contribution is 2.33. The van der Waals surface area contributed by atoms with Crippen LogP contribution in [-0.4, -0.2) is 22.0 Å². The summed E-state index contributed by atoms with van der Waals surface area (Å²) in [5.41, 5.74) is 0.631. The van der Waals surface area contributed by atoms with Gasteiger partial charge in [0.1, 0.15) is 0 Å². The number of rotatable bonds is 4. The zero-order chi connectivity index (χ0) is 18.1. The second-order valence-electron chi connectivity index (χ2n) is 5.84. The predicted octanol–water partition coefficient (Wildman–Crippen LogP) is 3.53. The predicted molar refractivity (Wildman–Crippen MR) is 82.2 cm³/mol. The van der Waals surface area contributed by atoms with Gasteiger partial charge in [-0.15, -0.1) is 0 Å². The zero-order valence-electron chi connectivity index (χ0n) is 13.5. The lowest BCUT2D eigenvalue weighted by molar-refractivity contribution is -0.147. The number of halogens is 3. The van der Waals surface area contributed by atoms with Gasteiger partial charge in [-0.25, -0.2) is 4.98 Å². The number of nitrogens with one attached hydrogen (secondary N) is 1. The van der Waals surface area contributed by atoms with Gasteiger partial charge in [-0.2, -0.15) is 18.4 Å². The first kappa shape index (κ1) is 17.8. The van der Waals surface area contributed by atoms with Gasteiger partial charge in [0, 0.05) is 18.2 Å². The molecule has 1 aromatic carbocycles. The minimum atomic E-state index is -4.58. The van der Waals surface area contributed by atoms with E-state index in [0.29, 0.717) is 5.52 Å². The molecule has 1 atom stereocenters. The van der Waals surface area contributed by atoms with Gasteiger partial charge in [0.15, 0.2) is 0 Å². The molecule has 0 saturated carbocycles. The molecule has 0 saturated heterocycles. The number of hydrogen-bond donors (Lipinski definition) is 1. The fourth-order valence-corrected chi connectivity index (χ4v) is 2.36. The molecular formula is C16H17F3N4O. The van der Waals surface area contributed by atoms with Crippen molar-refractivity contribution in [3.63, 3.8) is 0 Å². The number of benzene rings is 1. The normalized spacial score (nSPS) is 13.1. The highest BCUT2D eigenvalue weighted by molar-refractivity contribution is 5.97. The molecule has 1 amide bonds. The summed E-state index contributed by atoms with van der Waals surface area (Å²) in [4.78, 5) is 15.7. The van der Waals surface area contributed by atoms with Crippen LogP contribution >= 0.6 is 0 Å². The highest BCUT2D eigenvalue weighted by Gasteiger charge is 2.38. The third kappa shape index (κ3) is 3.50. The van der Waals surface area contributed by atoms with Gasteiger partial charge in [0.05, 0.1) is 23.0 Å². The maximum absolute atomic E-state index is 13.2. The molecule has 0 radical (unpaired) electrons. The summed E-state index contributed by atoms with van der Waals surface area (Å²) >= 11 is 0. The van der Waals surface area contributed by atoms with E-state index in [1.54, 1.807) is 20.8 Å². The molecule has 0 bridgehead atoms. The fourth-order valence-electron chi connectivity index (χ4n) is 2.36. The van der Waals surface area contributed by atoms with Crippen molar-refractivity contribution in [1.29, 1.82) is 5.26 Å². The SMILES string of the molecule is CC(C)n1c(C(F)(F)F)nc2cc(C(=O)NC[C@@H](C)C#N)ccc21. The molecule has 0 aliphatic carbocycles. The van der Waals surface area contributed by atoms with Crippen molar-refractivity contribution in [2.24, 2.45) is 5.92 Å². The molecule has 1 N–H and O–H groups in total. The topological polar surface area (TPSA) is 70.7 Å². The van der Waals surface area contributed by atoms with E-state index in [9.17, 15) is 18.0 Å². The van der Waals surface area contributed by atoms with E-state index in [0.717, 1.165) is 4.57 Å². The van der Waals surface area contributed by atoms with Crippen molar-refractivity contribution < 1.29 is 18.0 Å². The smallest absolute Gasteiger partial charge is 0.351 e. The number of alkyl halides is 3. The Hall–Kier alpha value is -2.56. The molecular weight excluding hydrogens is 321 g/mol. The van der Waals surface area contributed by atoms with Gasteiger partial charge in [0.25, 0.3) is 5.91 Å². The second-order valence-corrected chi connectivity index (χ2v) is 5.84. The van der Waals surface area contributed by atoms with Gasteiger partial charge in [-0.05, 0) is 39.0 Å². The average Bonchev–Trinajstić information content (AvgIpc) is 2.91.